The van der Waals surface area contributed by atoms with Gasteiger partial charge in [-0.2, -0.15) is 0 Å². The van der Waals surface area contributed by atoms with Gasteiger partial charge in [-0.1, -0.05) is 6.07 Å². The zero-order valence-corrected chi connectivity index (χ0v) is 13.2. The number of nitrogens with zero attached hydrogens (tertiary/aromatic N) is 1. The first-order valence-electron chi connectivity index (χ1n) is 7.49. The van der Waals surface area contributed by atoms with Crippen LogP contribution in [0.4, 0.5) is 0 Å². The van der Waals surface area contributed by atoms with Gasteiger partial charge >= 0.3 is 0 Å². The Morgan fingerprint density at radius 1 is 1.29 bits per heavy atom. The van der Waals surface area contributed by atoms with Gasteiger partial charge in [-0.05, 0) is 49.4 Å². The SMILES string of the molecule is COCCNCc1ccc2c(ccn2CCC(C)(C)O)c1. The molecule has 0 spiro atoms. The first kappa shape index (κ1) is 16.0. The Morgan fingerprint density at radius 3 is 2.81 bits per heavy atom. The molecule has 0 aliphatic heterocycles. The third kappa shape index (κ3) is 4.84. The van der Waals surface area contributed by atoms with E-state index in [1.165, 1.54) is 16.5 Å². The van der Waals surface area contributed by atoms with Crippen molar-refractivity contribution in [3.05, 3.63) is 36.0 Å². The number of aryl methyl sites for hydroxylation is 1. The normalized spacial score (nSPS) is 12.2. The molecule has 0 radical (unpaired) electrons. The molecule has 0 aliphatic carbocycles. The Balaban J connectivity index is 2.01. The zero-order valence-electron chi connectivity index (χ0n) is 13.2. The van der Waals surface area contributed by atoms with E-state index in [0.717, 1.165) is 32.7 Å². The van der Waals surface area contributed by atoms with Crippen molar-refractivity contribution < 1.29 is 9.84 Å². The Labute approximate surface area is 126 Å². The van der Waals surface area contributed by atoms with Gasteiger partial charge in [0.25, 0.3) is 0 Å². The summed E-state index contributed by atoms with van der Waals surface area (Å²) < 4.78 is 7.23. The molecule has 0 saturated heterocycles. The molecule has 21 heavy (non-hydrogen) atoms. The van der Waals surface area contributed by atoms with E-state index in [1.54, 1.807) is 7.11 Å². The van der Waals surface area contributed by atoms with Crippen LogP contribution in [-0.4, -0.2) is 35.5 Å². The summed E-state index contributed by atoms with van der Waals surface area (Å²) in [5.41, 5.74) is 1.88. The maximum atomic E-state index is 9.84. The minimum Gasteiger partial charge on any atom is -0.390 e. The molecule has 116 valence electrons. The summed E-state index contributed by atoms with van der Waals surface area (Å²) in [5.74, 6) is 0. The summed E-state index contributed by atoms with van der Waals surface area (Å²) in [6.45, 7) is 6.98. The third-order valence-electron chi connectivity index (χ3n) is 3.61. The second-order valence-corrected chi connectivity index (χ2v) is 6.13. The molecule has 0 aliphatic rings. The number of methoxy groups -OCH3 is 1. The minimum absolute atomic E-state index is 0.623. The maximum Gasteiger partial charge on any atom is 0.0608 e. The van der Waals surface area contributed by atoms with E-state index >= 15 is 0 Å². The first-order chi connectivity index (χ1) is 9.99. The van der Waals surface area contributed by atoms with Crippen molar-refractivity contribution >= 4 is 10.9 Å². The molecule has 4 heteroatoms. The molecule has 0 bridgehead atoms. The van der Waals surface area contributed by atoms with Crippen molar-refractivity contribution in [3.63, 3.8) is 0 Å². The average Bonchev–Trinajstić information content (AvgIpc) is 2.83. The topological polar surface area (TPSA) is 46.4 Å². The summed E-state index contributed by atoms with van der Waals surface area (Å²) in [6.07, 6.45) is 2.84. The van der Waals surface area contributed by atoms with Gasteiger partial charge in [-0.3, -0.25) is 0 Å². The molecule has 4 nitrogen and oxygen atoms in total. The van der Waals surface area contributed by atoms with Crippen LogP contribution in [0.2, 0.25) is 0 Å². The van der Waals surface area contributed by atoms with Crippen LogP contribution in [-0.2, 0) is 17.8 Å². The van der Waals surface area contributed by atoms with Gasteiger partial charge in [-0.25, -0.2) is 0 Å². The molecule has 2 N–H and O–H groups in total. The molecule has 0 saturated carbocycles. The molecule has 0 amide bonds. The van der Waals surface area contributed by atoms with Gasteiger partial charge in [0.05, 0.1) is 12.2 Å². The second kappa shape index (κ2) is 7.07. The number of fused-ring (bicyclic) bond motifs is 1. The van der Waals surface area contributed by atoms with Crippen LogP contribution in [0.3, 0.4) is 0 Å². The average molecular weight is 290 g/mol. The number of aromatic nitrogens is 1. The number of nitrogens with one attached hydrogen (secondary N) is 1. The van der Waals surface area contributed by atoms with Gasteiger partial charge in [0.15, 0.2) is 0 Å². The monoisotopic (exact) mass is 290 g/mol. The first-order valence-corrected chi connectivity index (χ1v) is 7.49. The maximum absolute atomic E-state index is 9.84. The fourth-order valence-electron chi connectivity index (χ4n) is 2.36. The van der Waals surface area contributed by atoms with Gasteiger partial charge in [0.1, 0.15) is 0 Å². The van der Waals surface area contributed by atoms with E-state index in [2.05, 4.69) is 40.3 Å². The summed E-state index contributed by atoms with van der Waals surface area (Å²) in [6, 6.07) is 8.67. The van der Waals surface area contributed by atoms with E-state index in [1.807, 2.05) is 13.8 Å². The van der Waals surface area contributed by atoms with Crippen LogP contribution in [0.25, 0.3) is 10.9 Å². The smallest absolute Gasteiger partial charge is 0.0608 e. The highest BCUT2D eigenvalue weighted by Gasteiger charge is 2.12. The van der Waals surface area contributed by atoms with Crippen molar-refractivity contribution in [2.75, 3.05) is 20.3 Å². The molecule has 2 rings (SSSR count). The molecule has 0 atom stereocenters. The predicted molar refractivity (Wildman–Crippen MR) is 86.4 cm³/mol. The molecule has 0 fully saturated rings. The number of hydrogen-bond donors (Lipinski definition) is 2. The van der Waals surface area contributed by atoms with Crippen molar-refractivity contribution in [1.29, 1.82) is 0 Å². The van der Waals surface area contributed by atoms with Crippen LogP contribution in [0, 0.1) is 0 Å². The number of hydrogen-bond acceptors (Lipinski definition) is 3. The largest absolute Gasteiger partial charge is 0.390 e. The highest BCUT2D eigenvalue weighted by Crippen LogP contribution is 2.19. The van der Waals surface area contributed by atoms with Crippen LogP contribution in [0.1, 0.15) is 25.8 Å². The van der Waals surface area contributed by atoms with Crippen LogP contribution < -0.4 is 5.32 Å². The number of aliphatic hydroxyl groups is 1. The number of rotatable bonds is 8. The molecule has 1 aromatic heterocycles. The van der Waals surface area contributed by atoms with E-state index in [9.17, 15) is 5.11 Å². The van der Waals surface area contributed by atoms with Crippen molar-refractivity contribution in [3.8, 4) is 0 Å². The fraction of sp³-hybridized carbons (Fsp3) is 0.529. The van der Waals surface area contributed by atoms with E-state index in [0.29, 0.717) is 0 Å². The molecule has 2 aromatic rings. The van der Waals surface area contributed by atoms with Crippen molar-refractivity contribution in [2.45, 2.75) is 39.0 Å². The lowest BCUT2D eigenvalue weighted by atomic mass is 10.1. The molecule has 1 aromatic carbocycles. The van der Waals surface area contributed by atoms with Gasteiger partial charge in [0, 0.05) is 38.5 Å². The second-order valence-electron chi connectivity index (χ2n) is 6.13. The van der Waals surface area contributed by atoms with E-state index in [4.69, 9.17) is 4.74 Å². The highest BCUT2D eigenvalue weighted by atomic mass is 16.5. The fourth-order valence-corrected chi connectivity index (χ4v) is 2.36. The Bertz CT molecular complexity index is 570. The minimum atomic E-state index is -0.623. The third-order valence-corrected chi connectivity index (χ3v) is 3.61. The lowest BCUT2D eigenvalue weighted by Gasteiger charge is -2.17. The van der Waals surface area contributed by atoms with Gasteiger partial charge in [0.2, 0.25) is 0 Å². The standard InChI is InChI=1S/C17H26N2O2/c1-17(2,20)7-10-19-9-6-15-12-14(4-5-16(15)19)13-18-8-11-21-3/h4-6,9,12,18,20H,7-8,10-11,13H2,1-3H3. The van der Waals surface area contributed by atoms with E-state index < -0.39 is 5.60 Å². The Kier molecular flexibility index (Phi) is 5.39. The van der Waals surface area contributed by atoms with Crippen molar-refractivity contribution in [1.82, 2.24) is 9.88 Å². The van der Waals surface area contributed by atoms with Gasteiger partial charge in [-0.15, -0.1) is 0 Å². The lowest BCUT2D eigenvalue weighted by Crippen LogP contribution is -2.20. The molecule has 0 unspecified atom stereocenters. The lowest BCUT2D eigenvalue weighted by molar-refractivity contribution is 0.0666. The summed E-state index contributed by atoms with van der Waals surface area (Å²) in [4.78, 5) is 0. The van der Waals surface area contributed by atoms with Crippen LogP contribution in [0.15, 0.2) is 30.5 Å². The zero-order chi connectivity index (χ0) is 15.3. The van der Waals surface area contributed by atoms with Crippen molar-refractivity contribution in [2.24, 2.45) is 0 Å². The number of ether oxygens (including phenoxy) is 1. The summed E-state index contributed by atoms with van der Waals surface area (Å²) in [7, 11) is 1.71. The predicted octanol–water partition coefficient (Wildman–Crippen LogP) is 2.54. The van der Waals surface area contributed by atoms with E-state index in [-0.39, 0.29) is 0 Å². The van der Waals surface area contributed by atoms with Gasteiger partial charge < -0.3 is 19.7 Å². The van der Waals surface area contributed by atoms with Crippen LogP contribution in [0.5, 0.6) is 0 Å². The summed E-state index contributed by atoms with van der Waals surface area (Å²) in [5, 5.41) is 14.4. The molecular weight excluding hydrogens is 264 g/mol. The van der Waals surface area contributed by atoms with Crippen LogP contribution >= 0.6 is 0 Å². The quantitative estimate of drug-likeness (QED) is 0.734. The number of benzene rings is 1. The molecular formula is C17H26N2O2. The Hall–Kier alpha value is -1.36. The Morgan fingerprint density at radius 2 is 2.10 bits per heavy atom. The summed E-state index contributed by atoms with van der Waals surface area (Å²) >= 11 is 0. The molecule has 1 heterocycles. The highest BCUT2D eigenvalue weighted by molar-refractivity contribution is 5.80.